The van der Waals surface area contributed by atoms with Gasteiger partial charge in [-0.2, -0.15) is 9.29 Å². The second kappa shape index (κ2) is 8.27. The second-order valence-electron chi connectivity index (χ2n) is 7.67. The molecule has 1 atom stereocenters. The van der Waals surface area contributed by atoms with Crippen molar-refractivity contribution in [3.05, 3.63) is 47.9 Å². The van der Waals surface area contributed by atoms with Crippen LogP contribution in [0.1, 0.15) is 30.9 Å². The van der Waals surface area contributed by atoms with Crippen molar-refractivity contribution in [1.29, 1.82) is 0 Å². The zero-order valence-electron chi connectivity index (χ0n) is 17.0. The van der Waals surface area contributed by atoms with Crippen LogP contribution in [0.2, 0.25) is 0 Å². The van der Waals surface area contributed by atoms with Crippen molar-refractivity contribution >= 4 is 10.0 Å². The molecule has 2 aromatic heterocycles. The van der Waals surface area contributed by atoms with Gasteiger partial charge in [-0.1, -0.05) is 5.16 Å². The Balaban J connectivity index is 1.38. The van der Waals surface area contributed by atoms with Gasteiger partial charge in [-0.25, -0.2) is 17.8 Å². The Kier molecular flexibility index (Phi) is 5.70. The Morgan fingerprint density at radius 2 is 2.00 bits per heavy atom. The summed E-state index contributed by atoms with van der Waals surface area (Å²) in [5.74, 6) is 1.47. The summed E-state index contributed by atoms with van der Waals surface area (Å²) in [5, 5.41) is 4.10. The number of aryl methyl sites for hydroxylation is 3. The Bertz CT molecular complexity index is 1100. The number of hydrogen-bond acceptors (Lipinski definition) is 6. The fraction of sp³-hybridized carbons (Fsp3) is 0.450. The maximum Gasteiger partial charge on any atom is 0.262 e. The topological polar surface area (TPSA) is 94.1 Å². The van der Waals surface area contributed by atoms with Crippen LogP contribution in [0.15, 0.2) is 40.0 Å². The van der Waals surface area contributed by atoms with Crippen LogP contribution in [0.4, 0.5) is 4.39 Å². The van der Waals surface area contributed by atoms with E-state index in [1.807, 2.05) is 0 Å². The fourth-order valence-corrected chi connectivity index (χ4v) is 5.24. The third-order valence-electron chi connectivity index (χ3n) is 5.51. The molecule has 4 rings (SSSR count). The van der Waals surface area contributed by atoms with Crippen LogP contribution in [0.25, 0.3) is 11.5 Å². The number of piperidine rings is 1. The Morgan fingerprint density at radius 3 is 2.70 bits per heavy atom. The molecule has 1 unspecified atom stereocenters. The zero-order valence-corrected chi connectivity index (χ0v) is 17.8. The summed E-state index contributed by atoms with van der Waals surface area (Å²) in [6.45, 7) is 2.75. The summed E-state index contributed by atoms with van der Waals surface area (Å²) in [6, 6.07) is 5.88. The molecule has 1 aliphatic rings. The van der Waals surface area contributed by atoms with E-state index in [0.717, 1.165) is 19.3 Å². The van der Waals surface area contributed by atoms with Gasteiger partial charge in [-0.3, -0.25) is 0 Å². The maximum atomic E-state index is 13.1. The van der Waals surface area contributed by atoms with E-state index < -0.39 is 10.0 Å². The highest BCUT2D eigenvalue weighted by Gasteiger charge is 2.32. The fourth-order valence-electron chi connectivity index (χ4n) is 3.66. The van der Waals surface area contributed by atoms with Crippen molar-refractivity contribution in [1.82, 2.24) is 24.0 Å². The van der Waals surface area contributed by atoms with Gasteiger partial charge in [0.2, 0.25) is 0 Å². The van der Waals surface area contributed by atoms with Crippen molar-refractivity contribution in [3.8, 4) is 11.5 Å². The minimum Gasteiger partial charge on any atom is -0.337 e. The average Bonchev–Trinajstić information content (AvgIpc) is 3.34. The minimum absolute atomic E-state index is 0.102. The molecule has 1 aliphatic heterocycles. The van der Waals surface area contributed by atoms with Crippen molar-refractivity contribution < 1.29 is 17.3 Å². The molecule has 3 aromatic rings. The Labute approximate surface area is 174 Å². The first kappa shape index (κ1) is 20.7. The van der Waals surface area contributed by atoms with E-state index in [4.69, 9.17) is 4.52 Å². The smallest absolute Gasteiger partial charge is 0.262 e. The number of nitrogens with zero attached hydrogens (tertiary/aromatic N) is 5. The molecule has 1 aromatic carbocycles. The molecule has 160 valence electrons. The summed E-state index contributed by atoms with van der Waals surface area (Å²) >= 11 is 0. The number of halogens is 1. The quantitative estimate of drug-likeness (QED) is 0.593. The van der Waals surface area contributed by atoms with E-state index in [1.54, 1.807) is 36.9 Å². The van der Waals surface area contributed by atoms with Crippen LogP contribution < -0.4 is 0 Å². The monoisotopic (exact) mass is 433 g/mol. The van der Waals surface area contributed by atoms with Gasteiger partial charge in [-0.05, 0) is 56.4 Å². The maximum absolute atomic E-state index is 13.1. The normalized spacial score (nSPS) is 18.0. The molecule has 0 bridgehead atoms. The molecule has 1 saturated heterocycles. The first-order chi connectivity index (χ1) is 14.3. The minimum atomic E-state index is -3.59. The summed E-state index contributed by atoms with van der Waals surface area (Å²) < 4.78 is 47.5. The highest BCUT2D eigenvalue weighted by molar-refractivity contribution is 7.89. The first-order valence-electron chi connectivity index (χ1n) is 9.91. The molecule has 0 amide bonds. The number of hydrogen-bond donors (Lipinski definition) is 0. The molecule has 1 fully saturated rings. The largest absolute Gasteiger partial charge is 0.337 e. The summed E-state index contributed by atoms with van der Waals surface area (Å²) in [6.07, 6.45) is 4.67. The van der Waals surface area contributed by atoms with Gasteiger partial charge in [0.25, 0.3) is 15.9 Å². The molecule has 0 spiro atoms. The van der Waals surface area contributed by atoms with Gasteiger partial charge in [0.05, 0.1) is 0 Å². The predicted octanol–water partition coefficient (Wildman–Crippen LogP) is 2.95. The molecule has 0 radical (unpaired) electrons. The number of benzene rings is 1. The third kappa shape index (κ3) is 4.29. The van der Waals surface area contributed by atoms with E-state index in [-0.39, 0.29) is 16.8 Å². The summed E-state index contributed by atoms with van der Waals surface area (Å²) in [5.41, 5.74) is 0.663. The lowest BCUT2D eigenvalue weighted by Gasteiger charge is -2.31. The van der Waals surface area contributed by atoms with E-state index in [1.165, 1.54) is 16.4 Å². The Morgan fingerprint density at radius 1 is 1.23 bits per heavy atom. The van der Waals surface area contributed by atoms with Crippen molar-refractivity contribution in [2.45, 2.75) is 37.6 Å². The van der Waals surface area contributed by atoms with Crippen LogP contribution in [-0.2, 0) is 23.5 Å². The molecule has 0 aliphatic carbocycles. The third-order valence-corrected chi connectivity index (χ3v) is 7.24. The van der Waals surface area contributed by atoms with Gasteiger partial charge in [0.1, 0.15) is 11.6 Å². The molecule has 0 N–H and O–H groups in total. The van der Waals surface area contributed by atoms with Crippen LogP contribution >= 0.6 is 0 Å². The summed E-state index contributed by atoms with van der Waals surface area (Å²) in [4.78, 5) is 8.57. The van der Waals surface area contributed by atoms with Crippen LogP contribution in [0.5, 0.6) is 0 Å². The highest BCUT2D eigenvalue weighted by atomic mass is 32.2. The molecule has 0 saturated carbocycles. The van der Waals surface area contributed by atoms with Crippen molar-refractivity contribution in [2.24, 2.45) is 13.0 Å². The number of aromatic nitrogens is 4. The van der Waals surface area contributed by atoms with E-state index >= 15 is 0 Å². The van der Waals surface area contributed by atoms with Gasteiger partial charge in [-0.15, -0.1) is 0 Å². The second-order valence-corrected chi connectivity index (χ2v) is 9.55. The number of imidazole rings is 1. The molecular formula is C20H24FN5O3S. The van der Waals surface area contributed by atoms with Gasteiger partial charge in [0.15, 0.2) is 10.9 Å². The molecule has 3 heterocycles. The average molecular weight is 434 g/mol. The van der Waals surface area contributed by atoms with Crippen molar-refractivity contribution in [3.63, 3.8) is 0 Å². The number of sulfonamides is 1. The molecule has 30 heavy (non-hydrogen) atoms. The van der Waals surface area contributed by atoms with Crippen molar-refractivity contribution in [2.75, 3.05) is 13.1 Å². The zero-order chi connectivity index (χ0) is 21.3. The highest BCUT2D eigenvalue weighted by Crippen LogP contribution is 2.26. The van der Waals surface area contributed by atoms with Crippen LogP contribution in [0, 0.1) is 18.7 Å². The lowest BCUT2D eigenvalue weighted by molar-refractivity contribution is 0.254. The standard InChI is InChI=1S/C20H24FN5O3S/c1-14-22-19(13-25(14)2)30(27,28)26-11-3-4-15(12-26)5-10-18-23-20(29-24-18)16-6-8-17(21)9-7-16/h6-9,13,15H,3-5,10-12H2,1-2H3. The predicted molar refractivity (Wildman–Crippen MR) is 107 cm³/mol. The lowest BCUT2D eigenvalue weighted by atomic mass is 9.94. The summed E-state index contributed by atoms with van der Waals surface area (Å²) in [7, 11) is -1.81. The lowest BCUT2D eigenvalue weighted by Crippen LogP contribution is -2.40. The molecule has 8 nitrogen and oxygen atoms in total. The van der Waals surface area contributed by atoms with E-state index in [2.05, 4.69) is 15.1 Å². The van der Waals surface area contributed by atoms with Gasteiger partial charge >= 0.3 is 0 Å². The number of rotatable bonds is 6. The van der Waals surface area contributed by atoms with E-state index in [9.17, 15) is 12.8 Å². The Hall–Kier alpha value is -2.59. The first-order valence-corrected chi connectivity index (χ1v) is 11.4. The SMILES string of the molecule is Cc1nc(S(=O)(=O)N2CCCC(CCc3noc(-c4ccc(F)cc4)n3)C2)cn1C. The molecular weight excluding hydrogens is 409 g/mol. The van der Waals surface area contributed by atoms with Gasteiger partial charge < -0.3 is 9.09 Å². The van der Waals surface area contributed by atoms with E-state index in [0.29, 0.717) is 42.6 Å². The van der Waals surface area contributed by atoms with Crippen LogP contribution in [-0.4, -0.2) is 45.5 Å². The molecule has 10 heteroatoms. The van der Waals surface area contributed by atoms with Gasteiger partial charge in [0, 0.05) is 38.3 Å². The van der Waals surface area contributed by atoms with Crippen LogP contribution in [0.3, 0.4) is 0 Å².